The van der Waals surface area contributed by atoms with Gasteiger partial charge in [0.25, 0.3) is 0 Å². The molecule has 1 amide bonds. The molecule has 142 valence electrons. The van der Waals surface area contributed by atoms with E-state index in [0.717, 1.165) is 22.2 Å². The molecule has 0 bridgehead atoms. The van der Waals surface area contributed by atoms with Gasteiger partial charge in [0.2, 0.25) is 5.91 Å². The minimum absolute atomic E-state index is 0.0583. The number of nitrogens with zero attached hydrogens (tertiary/aromatic N) is 3. The molecule has 0 saturated carbocycles. The lowest BCUT2D eigenvalue weighted by Crippen LogP contribution is -2.15. The van der Waals surface area contributed by atoms with Crippen molar-refractivity contribution < 1.29 is 4.79 Å². The number of hydrogen-bond donors (Lipinski definition) is 1. The fourth-order valence-corrected chi connectivity index (χ4v) is 4.83. The molecule has 0 radical (unpaired) electrons. The summed E-state index contributed by atoms with van der Waals surface area (Å²) in [6, 6.07) is 18.0. The van der Waals surface area contributed by atoms with Crippen molar-refractivity contribution in [2.75, 3.05) is 11.1 Å². The van der Waals surface area contributed by atoms with E-state index in [-0.39, 0.29) is 17.7 Å². The maximum atomic E-state index is 12.3. The molecular formula is C21H20N4OS2. The Morgan fingerprint density at radius 1 is 1.11 bits per heavy atom. The largest absolute Gasteiger partial charge is 0.325 e. The Morgan fingerprint density at radius 2 is 1.86 bits per heavy atom. The van der Waals surface area contributed by atoms with Gasteiger partial charge in [-0.15, -0.1) is 21.5 Å². The van der Waals surface area contributed by atoms with Crippen molar-refractivity contribution in [3.63, 3.8) is 0 Å². The SMILES string of the molecule is CC(C)n1c(SCC(=O)Nc2ccccc2)nnc1-c1csc2ccccc12. The van der Waals surface area contributed by atoms with Gasteiger partial charge >= 0.3 is 0 Å². The van der Waals surface area contributed by atoms with E-state index in [4.69, 9.17) is 0 Å². The van der Waals surface area contributed by atoms with E-state index in [0.29, 0.717) is 0 Å². The van der Waals surface area contributed by atoms with Crippen LogP contribution in [0.3, 0.4) is 0 Å². The number of rotatable bonds is 6. The minimum atomic E-state index is -0.0583. The first-order valence-corrected chi connectivity index (χ1v) is 10.9. The number of nitrogens with one attached hydrogen (secondary N) is 1. The third-order valence-corrected chi connectivity index (χ3v) is 6.20. The summed E-state index contributed by atoms with van der Waals surface area (Å²) in [4.78, 5) is 12.3. The van der Waals surface area contributed by atoms with Crippen LogP contribution in [0.15, 0.2) is 65.1 Å². The zero-order valence-electron chi connectivity index (χ0n) is 15.6. The predicted octanol–water partition coefficient (Wildman–Crippen LogP) is 5.47. The maximum absolute atomic E-state index is 12.3. The van der Waals surface area contributed by atoms with Crippen molar-refractivity contribution in [1.29, 1.82) is 0 Å². The first-order chi connectivity index (χ1) is 13.6. The molecule has 7 heteroatoms. The molecule has 0 spiro atoms. The fourth-order valence-electron chi connectivity index (χ4n) is 3.02. The molecule has 1 N–H and O–H groups in total. The van der Waals surface area contributed by atoms with Crippen LogP contribution in [0.5, 0.6) is 0 Å². The summed E-state index contributed by atoms with van der Waals surface area (Å²) < 4.78 is 3.34. The van der Waals surface area contributed by atoms with Gasteiger partial charge in [-0.2, -0.15) is 0 Å². The second-order valence-electron chi connectivity index (χ2n) is 6.62. The van der Waals surface area contributed by atoms with Crippen molar-refractivity contribution in [1.82, 2.24) is 14.8 Å². The van der Waals surface area contributed by atoms with Crippen molar-refractivity contribution in [3.8, 4) is 11.4 Å². The Kier molecular flexibility index (Phi) is 5.45. The Labute approximate surface area is 171 Å². The maximum Gasteiger partial charge on any atom is 0.234 e. The number of amides is 1. The minimum Gasteiger partial charge on any atom is -0.325 e. The highest BCUT2D eigenvalue weighted by Crippen LogP contribution is 2.35. The highest BCUT2D eigenvalue weighted by atomic mass is 32.2. The molecule has 28 heavy (non-hydrogen) atoms. The highest BCUT2D eigenvalue weighted by Gasteiger charge is 2.20. The second kappa shape index (κ2) is 8.16. The van der Waals surface area contributed by atoms with Crippen molar-refractivity contribution in [2.45, 2.75) is 25.0 Å². The molecule has 0 aliphatic heterocycles. The highest BCUT2D eigenvalue weighted by molar-refractivity contribution is 7.99. The van der Waals surface area contributed by atoms with Gasteiger partial charge in [-0.1, -0.05) is 48.2 Å². The predicted molar refractivity (Wildman–Crippen MR) is 117 cm³/mol. The number of carbonyl (C=O) groups excluding carboxylic acids is 1. The molecule has 0 aliphatic carbocycles. The number of para-hydroxylation sites is 1. The van der Waals surface area contributed by atoms with E-state index in [1.54, 1.807) is 11.3 Å². The van der Waals surface area contributed by atoms with Crippen molar-refractivity contribution in [3.05, 3.63) is 60.0 Å². The molecule has 0 atom stereocenters. The molecule has 4 aromatic rings. The second-order valence-corrected chi connectivity index (χ2v) is 8.47. The van der Waals surface area contributed by atoms with Gasteiger partial charge in [-0.25, -0.2) is 0 Å². The summed E-state index contributed by atoms with van der Waals surface area (Å²) in [7, 11) is 0. The van der Waals surface area contributed by atoms with Crippen LogP contribution in [0, 0.1) is 0 Å². The smallest absolute Gasteiger partial charge is 0.234 e. The van der Waals surface area contributed by atoms with Crippen LogP contribution >= 0.6 is 23.1 Å². The van der Waals surface area contributed by atoms with E-state index in [1.807, 2.05) is 42.5 Å². The van der Waals surface area contributed by atoms with Gasteiger partial charge in [0.1, 0.15) is 0 Å². The summed E-state index contributed by atoms with van der Waals surface area (Å²) in [6.45, 7) is 4.21. The zero-order valence-corrected chi connectivity index (χ0v) is 17.3. The van der Waals surface area contributed by atoms with Crippen LogP contribution in [-0.4, -0.2) is 26.4 Å². The van der Waals surface area contributed by atoms with Crippen LogP contribution in [0.1, 0.15) is 19.9 Å². The Bertz CT molecular complexity index is 1100. The normalized spacial score (nSPS) is 11.2. The summed E-state index contributed by atoms with van der Waals surface area (Å²) in [5.41, 5.74) is 1.88. The van der Waals surface area contributed by atoms with Gasteiger partial charge in [-0.3, -0.25) is 9.36 Å². The van der Waals surface area contributed by atoms with Gasteiger partial charge in [0, 0.05) is 32.8 Å². The number of aromatic nitrogens is 3. The summed E-state index contributed by atoms with van der Waals surface area (Å²) >= 11 is 3.11. The summed E-state index contributed by atoms with van der Waals surface area (Å²) in [5.74, 6) is 1.07. The molecular weight excluding hydrogens is 388 g/mol. The van der Waals surface area contributed by atoms with Gasteiger partial charge < -0.3 is 5.32 Å². The number of anilines is 1. The first-order valence-electron chi connectivity index (χ1n) is 9.02. The number of benzene rings is 2. The quantitative estimate of drug-likeness (QED) is 0.430. The third-order valence-electron chi connectivity index (χ3n) is 4.29. The lowest BCUT2D eigenvalue weighted by atomic mass is 10.1. The average molecular weight is 409 g/mol. The summed E-state index contributed by atoms with van der Waals surface area (Å²) in [5, 5.41) is 15.8. The van der Waals surface area contributed by atoms with Crippen LogP contribution in [0.4, 0.5) is 5.69 Å². The van der Waals surface area contributed by atoms with Crippen LogP contribution < -0.4 is 5.32 Å². The molecule has 0 unspecified atom stereocenters. The number of carbonyl (C=O) groups is 1. The number of thioether (sulfide) groups is 1. The Morgan fingerprint density at radius 3 is 2.64 bits per heavy atom. The summed E-state index contributed by atoms with van der Waals surface area (Å²) in [6.07, 6.45) is 0. The monoisotopic (exact) mass is 408 g/mol. The van der Waals surface area contributed by atoms with Crippen molar-refractivity contribution >= 4 is 44.8 Å². The Balaban J connectivity index is 1.56. The van der Waals surface area contributed by atoms with Gasteiger partial charge in [-0.05, 0) is 32.0 Å². The third kappa shape index (κ3) is 3.81. The average Bonchev–Trinajstić information content (AvgIpc) is 3.31. The molecule has 0 saturated heterocycles. The van der Waals surface area contributed by atoms with Crippen LogP contribution in [0.2, 0.25) is 0 Å². The molecule has 0 aliphatic rings. The molecule has 5 nitrogen and oxygen atoms in total. The van der Waals surface area contributed by atoms with E-state index in [2.05, 4.69) is 51.4 Å². The van der Waals surface area contributed by atoms with Crippen LogP contribution in [-0.2, 0) is 4.79 Å². The molecule has 2 aromatic carbocycles. The van der Waals surface area contributed by atoms with E-state index in [1.165, 1.54) is 21.8 Å². The molecule has 4 rings (SSSR count). The number of hydrogen-bond acceptors (Lipinski definition) is 5. The molecule has 2 heterocycles. The topological polar surface area (TPSA) is 59.8 Å². The fraction of sp³-hybridized carbons (Fsp3) is 0.190. The Hall–Kier alpha value is -2.64. The van der Waals surface area contributed by atoms with Crippen LogP contribution in [0.25, 0.3) is 21.5 Å². The van der Waals surface area contributed by atoms with Gasteiger partial charge in [0.15, 0.2) is 11.0 Å². The first kappa shape index (κ1) is 18.7. The molecule has 2 aromatic heterocycles. The molecule has 0 fully saturated rings. The van der Waals surface area contributed by atoms with Gasteiger partial charge in [0.05, 0.1) is 5.75 Å². The lowest BCUT2D eigenvalue weighted by molar-refractivity contribution is -0.113. The van der Waals surface area contributed by atoms with E-state index >= 15 is 0 Å². The standard InChI is InChI=1S/C21H20N4OS2/c1-14(2)25-20(17-12-27-18-11-7-6-10-16(17)18)23-24-21(25)28-13-19(26)22-15-8-4-3-5-9-15/h3-12,14H,13H2,1-2H3,(H,22,26). The van der Waals surface area contributed by atoms with E-state index in [9.17, 15) is 4.79 Å². The van der Waals surface area contributed by atoms with E-state index < -0.39 is 0 Å². The number of thiophene rings is 1. The van der Waals surface area contributed by atoms with Crippen molar-refractivity contribution in [2.24, 2.45) is 0 Å². The number of fused-ring (bicyclic) bond motifs is 1. The lowest BCUT2D eigenvalue weighted by Gasteiger charge is -2.13. The zero-order chi connectivity index (χ0) is 19.5.